The number of nitrogens with one attached hydrogen (secondary N) is 1. The molecular weight excluding hydrogens is 222 g/mol. The molecule has 2 nitrogen and oxygen atoms in total. The third kappa shape index (κ3) is 3.27. The Balaban J connectivity index is 1.73. The Labute approximate surface area is 113 Å². The van der Waals surface area contributed by atoms with Crippen molar-refractivity contribution in [3.8, 4) is 0 Å². The van der Waals surface area contributed by atoms with E-state index in [0.717, 1.165) is 24.8 Å². The van der Waals surface area contributed by atoms with Gasteiger partial charge in [-0.1, -0.05) is 26.7 Å². The van der Waals surface area contributed by atoms with E-state index < -0.39 is 5.60 Å². The number of aliphatic hydroxyl groups is 1. The fourth-order valence-corrected chi connectivity index (χ4v) is 3.89. The normalized spacial score (nSPS) is 24.8. The van der Waals surface area contributed by atoms with E-state index in [-0.39, 0.29) is 0 Å². The highest BCUT2D eigenvalue weighted by Crippen LogP contribution is 2.48. The Hall–Kier alpha value is -0.0800. The summed E-state index contributed by atoms with van der Waals surface area (Å²) in [4.78, 5) is 0. The Kier molecular flexibility index (Phi) is 4.71. The summed E-state index contributed by atoms with van der Waals surface area (Å²) in [5.74, 6) is 0. The van der Waals surface area contributed by atoms with Crippen molar-refractivity contribution >= 4 is 0 Å². The SMILES string of the molecule is CCC(O)(CC)CNC1CCC2(CCCC2)CC1. The van der Waals surface area contributed by atoms with Crippen molar-refractivity contribution in [1.82, 2.24) is 5.32 Å². The maximum atomic E-state index is 10.3. The first-order valence-electron chi connectivity index (χ1n) is 8.07. The lowest BCUT2D eigenvalue weighted by molar-refractivity contribution is 0.0264. The predicted octanol–water partition coefficient (Wildman–Crippen LogP) is 3.63. The predicted molar refractivity (Wildman–Crippen MR) is 76.7 cm³/mol. The number of hydrogen-bond acceptors (Lipinski definition) is 2. The molecule has 18 heavy (non-hydrogen) atoms. The first-order chi connectivity index (χ1) is 8.61. The molecule has 2 fully saturated rings. The first kappa shape index (κ1) is 14.3. The molecule has 0 bridgehead atoms. The van der Waals surface area contributed by atoms with Crippen molar-refractivity contribution in [2.45, 2.75) is 89.7 Å². The van der Waals surface area contributed by atoms with Gasteiger partial charge in [0.2, 0.25) is 0 Å². The van der Waals surface area contributed by atoms with Gasteiger partial charge in [-0.25, -0.2) is 0 Å². The van der Waals surface area contributed by atoms with Gasteiger partial charge in [-0.2, -0.15) is 0 Å². The smallest absolute Gasteiger partial charge is 0.0766 e. The third-order valence-electron chi connectivity index (χ3n) is 5.75. The molecule has 2 saturated carbocycles. The molecule has 0 heterocycles. The molecule has 2 aliphatic carbocycles. The molecule has 0 unspecified atom stereocenters. The second kappa shape index (κ2) is 5.92. The highest BCUT2D eigenvalue weighted by molar-refractivity contribution is 4.92. The minimum absolute atomic E-state index is 0.484. The molecule has 0 saturated heterocycles. The Morgan fingerprint density at radius 2 is 1.61 bits per heavy atom. The molecule has 2 aliphatic rings. The van der Waals surface area contributed by atoms with Gasteiger partial charge in [0.25, 0.3) is 0 Å². The van der Waals surface area contributed by atoms with Gasteiger partial charge in [0.1, 0.15) is 0 Å². The molecule has 0 aromatic heterocycles. The van der Waals surface area contributed by atoms with E-state index in [4.69, 9.17) is 0 Å². The summed E-state index contributed by atoms with van der Waals surface area (Å²) in [6.07, 6.45) is 13.1. The van der Waals surface area contributed by atoms with Crippen LogP contribution in [0, 0.1) is 5.41 Å². The van der Waals surface area contributed by atoms with Crippen molar-refractivity contribution in [3.63, 3.8) is 0 Å². The monoisotopic (exact) mass is 253 g/mol. The topological polar surface area (TPSA) is 32.3 Å². The van der Waals surface area contributed by atoms with Crippen molar-refractivity contribution in [2.75, 3.05) is 6.54 Å². The summed E-state index contributed by atoms with van der Waals surface area (Å²) in [7, 11) is 0. The Morgan fingerprint density at radius 3 is 2.11 bits per heavy atom. The van der Waals surface area contributed by atoms with Crippen LogP contribution in [0.5, 0.6) is 0 Å². The van der Waals surface area contributed by atoms with Crippen LogP contribution >= 0.6 is 0 Å². The zero-order chi connectivity index (χ0) is 13.1. The van der Waals surface area contributed by atoms with Crippen molar-refractivity contribution in [1.29, 1.82) is 0 Å². The Morgan fingerprint density at radius 1 is 1.06 bits per heavy atom. The highest BCUT2D eigenvalue weighted by atomic mass is 16.3. The largest absolute Gasteiger partial charge is 0.389 e. The lowest BCUT2D eigenvalue weighted by Gasteiger charge is -2.38. The van der Waals surface area contributed by atoms with Gasteiger partial charge in [-0.15, -0.1) is 0 Å². The summed E-state index contributed by atoms with van der Waals surface area (Å²) in [5.41, 5.74) is 0.243. The lowest BCUT2D eigenvalue weighted by atomic mass is 9.71. The zero-order valence-corrected chi connectivity index (χ0v) is 12.3. The van der Waals surface area contributed by atoms with E-state index in [2.05, 4.69) is 19.2 Å². The minimum atomic E-state index is -0.484. The summed E-state index contributed by atoms with van der Waals surface area (Å²) in [5, 5.41) is 13.9. The van der Waals surface area contributed by atoms with E-state index >= 15 is 0 Å². The van der Waals surface area contributed by atoms with Gasteiger partial charge in [0.15, 0.2) is 0 Å². The Bertz CT molecular complexity index is 244. The van der Waals surface area contributed by atoms with E-state index in [1.165, 1.54) is 51.4 Å². The van der Waals surface area contributed by atoms with Gasteiger partial charge in [-0.05, 0) is 56.8 Å². The van der Waals surface area contributed by atoms with Gasteiger partial charge in [0, 0.05) is 12.6 Å². The van der Waals surface area contributed by atoms with Gasteiger partial charge in [0.05, 0.1) is 5.60 Å². The van der Waals surface area contributed by atoms with E-state index in [1.807, 2.05) is 0 Å². The molecule has 0 aromatic rings. The molecule has 0 radical (unpaired) electrons. The van der Waals surface area contributed by atoms with Crippen molar-refractivity contribution in [3.05, 3.63) is 0 Å². The van der Waals surface area contributed by atoms with Crippen LogP contribution in [-0.4, -0.2) is 23.3 Å². The molecule has 0 aliphatic heterocycles. The number of hydrogen-bond donors (Lipinski definition) is 2. The van der Waals surface area contributed by atoms with Crippen LogP contribution in [0.2, 0.25) is 0 Å². The van der Waals surface area contributed by atoms with Crippen LogP contribution in [0.15, 0.2) is 0 Å². The maximum Gasteiger partial charge on any atom is 0.0766 e. The third-order valence-corrected chi connectivity index (χ3v) is 5.75. The minimum Gasteiger partial charge on any atom is -0.389 e. The summed E-state index contributed by atoms with van der Waals surface area (Å²) in [6, 6.07) is 0.654. The average molecular weight is 253 g/mol. The van der Waals surface area contributed by atoms with Crippen LogP contribution in [0.25, 0.3) is 0 Å². The summed E-state index contributed by atoms with van der Waals surface area (Å²) >= 11 is 0. The second-order valence-electron chi connectivity index (χ2n) is 6.79. The molecule has 0 aromatic carbocycles. The first-order valence-corrected chi connectivity index (χ1v) is 8.07. The zero-order valence-electron chi connectivity index (χ0n) is 12.3. The molecule has 0 atom stereocenters. The van der Waals surface area contributed by atoms with Crippen LogP contribution < -0.4 is 5.32 Å². The van der Waals surface area contributed by atoms with E-state index in [9.17, 15) is 5.11 Å². The molecular formula is C16H31NO. The number of rotatable bonds is 5. The average Bonchev–Trinajstić information content (AvgIpc) is 2.86. The molecule has 1 spiro atoms. The van der Waals surface area contributed by atoms with Gasteiger partial charge >= 0.3 is 0 Å². The van der Waals surface area contributed by atoms with Crippen LogP contribution in [-0.2, 0) is 0 Å². The fraction of sp³-hybridized carbons (Fsp3) is 1.00. The van der Waals surface area contributed by atoms with E-state index in [1.54, 1.807) is 0 Å². The lowest BCUT2D eigenvalue weighted by Crippen LogP contribution is -2.45. The maximum absolute atomic E-state index is 10.3. The molecule has 2 N–H and O–H groups in total. The van der Waals surface area contributed by atoms with E-state index in [0.29, 0.717) is 6.04 Å². The quantitative estimate of drug-likeness (QED) is 0.784. The standard InChI is InChI=1S/C16H31NO/c1-3-16(18,4-2)13-17-14-7-11-15(12-8-14)9-5-6-10-15/h14,17-18H,3-13H2,1-2H3. The van der Waals surface area contributed by atoms with Crippen LogP contribution in [0.1, 0.15) is 78.1 Å². The summed E-state index contributed by atoms with van der Waals surface area (Å²) < 4.78 is 0. The van der Waals surface area contributed by atoms with Gasteiger partial charge < -0.3 is 10.4 Å². The summed E-state index contributed by atoms with van der Waals surface area (Å²) in [6.45, 7) is 4.94. The molecule has 0 amide bonds. The molecule has 2 rings (SSSR count). The molecule has 2 heteroatoms. The van der Waals surface area contributed by atoms with Crippen LogP contribution in [0.3, 0.4) is 0 Å². The van der Waals surface area contributed by atoms with Gasteiger partial charge in [-0.3, -0.25) is 0 Å². The fourth-order valence-electron chi connectivity index (χ4n) is 3.89. The second-order valence-corrected chi connectivity index (χ2v) is 6.79. The van der Waals surface area contributed by atoms with Crippen molar-refractivity contribution in [2.24, 2.45) is 5.41 Å². The van der Waals surface area contributed by atoms with Crippen molar-refractivity contribution < 1.29 is 5.11 Å². The highest BCUT2D eigenvalue weighted by Gasteiger charge is 2.37. The van der Waals surface area contributed by atoms with Crippen LogP contribution in [0.4, 0.5) is 0 Å². The molecule has 106 valence electrons.